The average molecular weight is 211 g/mol. The second-order valence-corrected chi connectivity index (χ2v) is 2.99. The smallest absolute Gasteiger partial charge is 0.319 e. The van der Waals surface area contributed by atoms with E-state index in [0.717, 1.165) is 0 Å². The maximum Gasteiger partial charge on any atom is 0.319 e. The van der Waals surface area contributed by atoms with Crippen molar-refractivity contribution >= 4 is 11.7 Å². The molecule has 0 atom stereocenters. The molecule has 0 bridgehead atoms. The number of amides is 2. The molecule has 15 heavy (non-hydrogen) atoms. The molecule has 0 spiro atoms. The zero-order valence-corrected chi connectivity index (χ0v) is 8.51. The van der Waals surface area contributed by atoms with E-state index in [0.29, 0.717) is 17.8 Å². The molecule has 0 aliphatic rings. The summed E-state index contributed by atoms with van der Waals surface area (Å²) in [6.45, 7) is 2.53. The van der Waals surface area contributed by atoms with E-state index in [1.54, 1.807) is 0 Å². The maximum absolute atomic E-state index is 12.8. The number of anilines is 1. The first-order chi connectivity index (χ1) is 7.17. The van der Waals surface area contributed by atoms with E-state index in [1.165, 1.54) is 18.2 Å². The van der Waals surface area contributed by atoms with E-state index in [-0.39, 0.29) is 18.4 Å². The molecule has 4 nitrogen and oxygen atoms in total. The molecule has 1 aromatic carbocycles. The summed E-state index contributed by atoms with van der Waals surface area (Å²) in [6, 6.07) is 3.76. The van der Waals surface area contributed by atoms with E-state index in [9.17, 15) is 9.18 Å². The maximum atomic E-state index is 12.8. The zero-order valence-electron chi connectivity index (χ0n) is 8.51. The van der Waals surface area contributed by atoms with Crippen molar-refractivity contribution in [1.29, 1.82) is 0 Å². The van der Waals surface area contributed by atoms with Crippen molar-refractivity contribution < 1.29 is 9.18 Å². The van der Waals surface area contributed by atoms with E-state index < -0.39 is 0 Å². The highest BCUT2D eigenvalue weighted by molar-refractivity contribution is 5.90. The number of carbonyl (C=O) groups excluding carboxylic acids is 1. The lowest BCUT2D eigenvalue weighted by Gasteiger charge is -2.09. The van der Waals surface area contributed by atoms with Gasteiger partial charge in [-0.1, -0.05) is 0 Å². The van der Waals surface area contributed by atoms with Crippen LogP contribution >= 0.6 is 0 Å². The van der Waals surface area contributed by atoms with Gasteiger partial charge in [0.05, 0.1) is 0 Å². The van der Waals surface area contributed by atoms with E-state index in [2.05, 4.69) is 10.6 Å². The van der Waals surface area contributed by atoms with Gasteiger partial charge in [0.15, 0.2) is 0 Å². The van der Waals surface area contributed by atoms with Gasteiger partial charge in [0, 0.05) is 18.8 Å². The van der Waals surface area contributed by atoms with Crippen LogP contribution in [0.25, 0.3) is 0 Å². The lowest BCUT2D eigenvalue weighted by atomic mass is 10.2. The minimum Gasteiger partial charge on any atom is -0.338 e. The minimum absolute atomic E-state index is 0.180. The van der Waals surface area contributed by atoms with Crippen molar-refractivity contribution in [3.63, 3.8) is 0 Å². The summed E-state index contributed by atoms with van der Waals surface area (Å²) >= 11 is 0. The predicted octanol–water partition coefficient (Wildman–Crippen LogP) is 1.43. The SMILES string of the molecule is CCNC(=O)Nc1ccc(F)cc1CN. The van der Waals surface area contributed by atoms with Gasteiger partial charge in [-0.25, -0.2) is 9.18 Å². The first-order valence-electron chi connectivity index (χ1n) is 4.70. The van der Waals surface area contributed by atoms with Crippen LogP contribution in [0, 0.1) is 5.82 Å². The molecular weight excluding hydrogens is 197 g/mol. The largest absolute Gasteiger partial charge is 0.338 e. The van der Waals surface area contributed by atoms with Gasteiger partial charge in [0.25, 0.3) is 0 Å². The summed E-state index contributed by atoms with van der Waals surface area (Å²) in [7, 11) is 0. The third-order valence-corrected chi connectivity index (χ3v) is 1.87. The second-order valence-electron chi connectivity index (χ2n) is 2.99. The van der Waals surface area contributed by atoms with Crippen molar-refractivity contribution in [3.05, 3.63) is 29.6 Å². The molecule has 2 amide bonds. The minimum atomic E-state index is -0.364. The van der Waals surface area contributed by atoms with Gasteiger partial charge in [-0.15, -0.1) is 0 Å². The summed E-state index contributed by atoms with van der Waals surface area (Å²) in [5.41, 5.74) is 6.53. The number of nitrogens with two attached hydrogens (primary N) is 1. The number of hydrogen-bond donors (Lipinski definition) is 3. The topological polar surface area (TPSA) is 67.2 Å². The molecule has 0 aromatic heterocycles. The first kappa shape index (κ1) is 11.5. The summed E-state index contributed by atoms with van der Waals surface area (Å²) < 4.78 is 12.8. The lowest BCUT2D eigenvalue weighted by molar-refractivity contribution is 0.252. The quantitative estimate of drug-likeness (QED) is 0.708. The van der Waals surface area contributed by atoms with Crippen LogP contribution in [0.2, 0.25) is 0 Å². The third-order valence-electron chi connectivity index (χ3n) is 1.87. The number of carbonyl (C=O) groups is 1. The Morgan fingerprint density at radius 3 is 2.87 bits per heavy atom. The molecule has 0 saturated carbocycles. The molecule has 0 saturated heterocycles. The number of hydrogen-bond acceptors (Lipinski definition) is 2. The highest BCUT2D eigenvalue weighted by atomic mass is 19.1. The molecule has 1 rings (SSSR count). The Morgan fingerprint density at radius 2 is 2.27 bits per heavy atom. The zero-order chi connectivity index (χ0) is 11.3. The molecule has 0 unspecified atom stereocenters. The molecule has 0 heterocycles. The van der Waals surface area contributed by atoms with Gasteiger partial charge >= 0.3 is 6.03 Å². The fourth-order valence-electron chi connectivity index (χ4n) is 1.18. The van der Waals surface area contributed by atoms with Gasteiger partial charge in [-0.05, 0) is 30.7 Å². The highest BCUT2D eigenvalue weighted by Gasteiger charge is 2.05. The van der Waals surface area contributed by atoms with Crippen LogP contribution in [0.1, 0.15) is 12.5 Å². The van der Waals surface area contributed by atoms with E-state index >= 15 is 0 Å². The van der Waals surface area contributed by atoms with Crippen LogP contribution in [0.15, 0.2) is 18.2 Å². The first-order valence-corrected chi connectivity index (χ1v) is 4.70. The third kappa shape index (κ3) is 3.21. The predicted molar refractivity (Wildman–Crippen MR) is 57.0 cm³/mol. The van der Waals surface area contributed by atoms with Crippen LogP contribution < -0.4 is 16.4 Å². The summed E-state index contributed by atoms with van der Waals surface area (Å²) in [6.07, 6.45) is 0. The Bertz CT molecular complexity index is 355. The Hall–Kier alpha value is -1.62. The molecule has 82 valence electrons. The fraction of sp³-hybridized carbons (Fsp3) is 0.300. The van der Waals surface area contributed by atoms with Crippen molar-refractivity contribution in [1.82, 2.24) is 5.32 Å². The number of benzene rings is 1. The van der Waals surface area contributed by atoms with Crippen molar-refractivity contribution in [2.45, 2.75) is 13.5 Å². The van der Waals surface area contributed by atoms with Crippen LogP contribution in [-0.4, -0.2) is 12.6 Å². The summed E-state index contributed by atoms with van der Waals surface area (Å²) in [5.74, 6) is -0.364. The summed E-state index contributed by atoms with van der Waals surface area (Å²) in [5, 5.41) is 5.17. The molecule has 0 aliphatic heterocycles. The van der Waals surface area contributed by atoms with E-state index in [4.69, 9.17) is 5.73 Å². The molecule has 5 heteroatoms. The Morgan fingerprint density at radius 1 is 1.53 bits per heavy atom. The Labute approximate surface area is 87.7 Å². The van der Waals surface area contributed by atoms with Gasteiger partial charge in [0.2, 0.25) is 0 Å². The molecule has 0 fully saturated rings. The second kappa shape index (κ2) is 5.31. The average Bonchev–Trinajstić information content (AvgIpc) is 2.21. The number of nitrogens with one attached hydrogen (secondary N) is 2. The van der Waals surface area contributed by atoms with Gasteiger partial charge in [0.1, 0.15) is 5.82 Å². The number of rotatable bonds is 3. The molecular formula is C10H14FN3O. The fourth-order valence-corrected chi connectivity index (χ4v) is 1.18. The van der Waals surface area contributed by atoms with Crippen LogP contribution in [0.5, 0.6) is 0 Å². The van der Waals surface area contributed by atoms with Gasteiger partial charge < -0.3 is 16.4 Å². The molecule has 4 N–H and O–H groups in total. The van der Waals surface area contributed by atoms with Crippen LogP contribution in [0.3, 0.4) is 0 Å². The summed E-state index contributed by atoms with van der Waals surface area (Å²) in [4.78, 5) is 11.2. The van der Waals surface area contributed by atoms with E-state index in [1.807, 2.05) is 6.92 Å². The number of halogens is 1. The molecule has 0 aliphatic carbocycles. The van der Waals surface area contributed by atoms with Crippen molar-refractivity contribution in [3.8, 4) is 0 Å². The van der Waals surface area contributed by atoms with Gasteiger partial charge in [-0.3, -0.25) is 0 Å². The lowest BCUT2D eigenvalue weighted by Crippen LogP contribution is -2.28. The van der Waals surface area contributed by atoms with Crippen molar-refractivity contribution in [2.24, 2.45) is 5.73 Å². The van der Waals surface area contributed by atoms with Gasteiger partial charge in [-0.2, -0.15) is 0 Å². The van der Waals surface area contributed by atoms with Crippen LogP contribution in [0.4, 0.5) is 14.9 Å². The monoisotopic (exact) mass is 211 g/mol. The standard InChI is InChI=1S/C10H14FN3O/c1-2-13-10(15)14-9-4-3-8(11)5-7(9)6-12/h3-5H,2,6,12H2,1H3,(H2,13,14,15). The Balaban J connectivity index is 2.80. The number of urea groups is 1. The van der Waals surface area contributed by atoms with Crippen molar-refractivity contribution in [2.75, 3.05) is 11.9 Å². The molecule has 1 aromatic rings. The van der Waals surface area contributed by atoms with Crippen LogP contribution in [-0.2, 0) is 6.54 Å². The Kier molecular flexibility index (Phi) is 4.05. The normalized spacial score (nSPS) is 9.80. The molecule has 0 radical (unpaired) electrons. The highest BCUT2D eigenvalue weighted by Crippen LogP contribution is 2.16.